The van der Waals surface area contributed by atoms with E-state index in [0.717, 1.165) is 5.69 Å². The Bertz CT molecular complexity index is 731. The number of amides is 3. The van der Waals surface area contributed by atoms with Crippen LogP contribution >= 0.6 is 11.6 Å². The summed E-state index contributed by atoms with van der Waals surface area (Å²) in [5, 5.41) is 10.1. The third kappa shape index (κ3) is 3.45. The Kier molecular flexibility index (Phi) is 4.20. The number of nitrogens with zero attached hydrogens (tertiary/aromatic N) is 3. The number of hydrogen-bond donors (Lipinski definition) is 2. The largest absolute Gasteiger partial charge is 0.344 e. The lowest BCUT2D eigenvalue weighted by Gasteiger charge is -2.14. The Balaban J connectivity index is 1.63. The second kappa shape index (κ2) is 6.29. The number of nitrogens with one attached hydrogen (secondary N) is 2. The highest BCUT2D eigenvalue weighted by molar-refractivity contribution is 6.32. The average molecular weight is 334 g/mol. The number of carbonyl (C=O) groups excluding carboxylic acids is 2. The van der Waals surface area contributed by atoms with Gasteiger partial charge in [-0.1, -0.05) is 11.6 Å². The zero-order chi connectivity index (χ0) is 16.4. The smallest absolute Gasteiger partial charge is 0.319 e. The van der Waals surface area contributed by atoms with Crippen molar-refractivity contribution in [2.75, 3.05) is 18.9 Å². The van der Waals surface area contributed by atoms with Crippen LogP contribution in [-0.4, -0.2) is 46.3 Å². The van der Waals surface area contributed by atoms with E-state index >= 15 is 0 Å². The van der Waals surface area contributed by atoms with Crippen molar-refractivity contribution in [1.82, 2.24) is 20.0 Å². The molecular weight excluding hydrogens is 318 g/mol. The van der Waals surface area contributed by atoms with E-state index in [1.807, 2.05) is 0 Å². The van der Waals surface area contributed by atoms with Gasteiger partial charge in [0.15, 0.2) is 0 Å². The summed E-state index contributed by atoms with van der Waals surface area (Å²) in [6, 6.07) is 6.44. The van der Waals surface area contributed by atoms with Crippen LogP contribution in [0.1, 0.15) is 6.42 Å². The van der Waals surface area contributed by atoms with Crippen LogP contribution < -0.4 is 10.6 Å². The summed E-state index contributed by atoms with van der Waals surface area (Å²) in [7, 11) is 1.72. The summed E-state index contributed by atoms with van der Waals surface area (Å²) in [6.07, 6.45) is 3.77. The molecule has 1 aliphatic heterocycles. The van der Waals surface area contributed by atoms with E-state index in [-0.39, 0.29) is 18.0 Å². The fraction of sp³-hybridized carbons (Fsp3) is 0.267. The molecule has 2 heterocycles. The van der Waals surface area contributed by atoms with Crippen LogP contribution in [-0.2, 0) is 4.79 Å². The van der Waals surface area contributed by atoms with Crippen LogP contribution in [0.4, 0.5) is 10.5 Å². The lowest BCUT2D eigenvalue weighted by molar-refractivity contribution is -0.126. The molecule has 1 aromatic carbocycles. The Hall–Kier alpha value is -2.54. The number of rotatable bonds is 3. The fourth-order valence-corrected chi connectivity index (χ4v) is 2.76. The summed E-state index contributed by atoms with van der Waals surface area (Å²) in [5.41, 5.74) is 1.30. The van der Waals surface area contributed by atoms with Gasteiger partial charge in [-0.2, -0.15) is 5.10 Å². The second-order valence-corrected chi connectivity index (χ2v) is 5.80. The zero-order valence-electron chi connectivity index (χ0n) is 12.5. The molecule has 0 saturated carbocycles. The Labute approximate surface area is 138 Å². The summed E-state index contributed by atoms with van der Waals surface area (Å²) in [6.45, 7) is 0.519. The molecule has 0 bridgehead atoms. The van der Waals surface area contributed by atoms with Crippen molar-refractivity contribution in [3.05, 3.63) is 41.7 Å². The van der Waals surface area contributed by atoms with Crippen molar-refractivity contribution < 1.29 is 9.59 Å². The van der Waals surface area contributed by atoms with Crippen molar-refractivity contribution in [1.29, 1.82) is 0 Å². The Morgan fingerprint density at radius 3 is 2.87 bits per heavy atom. The van der Waals surface area contributed by atoms with Gasteiger partial charge in [-0.25, -0.2) is 9.48 Å². The fourth-order valence-electron chi connectivity index (χ4n) is 2.49. The molecule has 8 heteroatoms. The number of likely N-dealkylation sites (N-methyl/N-ethyl adjacent to an activating group) is 1. The maximum Gasteiger partial charge on any atom is 0.319 e. The maximum absolute atomic E-state index is 12.0. The SMILES string of the molecule is CN1C[C@H](NC(=O)Nc2ccc(-n3cccn3)c(Cl)c2)CC1=O. The predicted molar refractivity (Wildman–Crippen MR) is 86.8 cm³/mol. The van der Waals surface area contributed by atoms with Crippen LogP contribution in [0, 0.1) is 0 Å². The minimum Gasteiger partial charge on any atom is -0.344 e. The van der Waals surface area contributed by atoms with Crippen molar-refractivity contribution in [2.45, 2.75) is 12.5 Å². The average Bonchev–Trinajstić information content (AvgIpc) is 3.10. The molecule has 120 valence electrons. The number of aromatic nitrogens is 2. The lowest BCUT2D eigenvalue weighted by atomic mass is 10.2. The molecule has 2 aromatic rings. The van der Waals surface area contributed by atoms with E-state index in [4.69, 9.17) is 11.6 Å². The van der Waals surface area contributed by atoms with E-state index in [1.165, 1.54) is 0 Å². The monoisotopic (exact) mass is 333 g/mol. The second-order valence-electron chi connectivity index (χ2n) is 5.39. The number of hydrogen-bond acceptors (Lipinski definition) is 3. The molecule has 2 N–H and O–H groups in total. The molecule has 3 amide bonds. The molecule has 1 atom stereocenters. The van der Waals surface area contributed by atoms with Gasteiger partial charge in [0.05, 0.1) is 16.8 Å². The van der Waals surface area contributed by atoms with Crippen molar-refractivity contribution in [3.8, 4) is 5.69 Å². The number of carbonyl (C=O) groups is 2. The first-order valence-electron chi connectivity index (χ1n) is 7.14. The van der Waals surface area contributed by atoms with Crippen molar-refractivity contribution in [2.24, 2.45) is 0 Å². The summed E-state index contributed by atoms with van der Waals surface area (Å²) >= 11 is 6.23. The first kappa shape index (κ1) is 15.4. The minimum atomic E-state index is -0.360. The van der Waals surface area contributed by atoms with Crippen LogP contribution in [0.3, 0.4) is 0 Å². The van der Waals surface area contributed by atoms with Gasteiger partial charge in [-0.05, 0) is 24.3 Å². The standard InChI is InChI=1S/C15H16ClN5O2/c1-20-9-11(8-14(20)22)19-15(23)18-10-3-4-13(12(16)7-10)21-6-2-5-17-21/h2-7,11H,8-9H2,1H3,(H2,18,19,23)/t11-/m1/s1. The molecule has 0 radical (unpaired) electrons. The first-order valence-corrected chi connectivity index (χ1v) is 7.52. The van der Waals surface area contributed by atoms with Crippen molar-refractivity contribution >= 4 is 29.2 Å². The van der Waals surface area contributed by atoms with Gasteiger partial charge in [-0.15, -0.1) is 0 Å². The van der Waals surface area contributed by atoms with E-state index in [9.17, 15) is 9.59 Å². The number of urea groups is 1. The molecule has 1 aliphatic rings. The first-order chi connectivity index (χ1) is 11.0. The minimum absolute atomic E-state index is 0.0296. The Morgan fingerprint density at radius 1 is 1.43 bits per heavy atom. The van der Waals surface area contributed by atoms with Crippen LogP contribution in [0.5, 0.6) is 0 Å². The van der Waals surface area contributed by atoms with Gasteiger partial charge >= 0.3 is 6.03 Å². The van der Waals surface area contributed by atoms with Gasteiger partial charge in [0.1, 0.15) is 0 Å². The molecule has 1 aromatic heterocycles. The summed E-state index contributed by atoms with van der Waals surface area (Å²) in [5.74, 6) is 0.0296. The Morgan fingerprint density at radius 2 is 2.26 bits per heavy atom. The molecule has 1 fully saturated rings. The molecule has 3 rings (SSSR count). The summed E-state index contributed by atoms with van der Waals surface area (Å²) < 4.78 is 1.64. The van der Waals surface area contributed by atoms with Crippen molar-refractivity contribution in [3.63, 3.8) is 0 Å². The van der Waals surface area contributed by atoms with Gasteiger partial charge in [0.25, 0.3) is 0 Å². The molecule has 0 aliphatic carbocycles. The molecule has 7 nitrogen and oxygen atoms in total. The molecule has 0 unspecified atom stereocenters. The topological polar surface area (TPSA) is 79.3 Å². The maximum atomic E-state index is 12.0. The molecule has 1 saturated heterocycles. The number of benzene rings is 1. The third-order valence-electron chi connectivity index (χ3n) is 3.63. The van der Waals surface area contributed by atoms with E-state index in [0.29, 0.717) is 23.7 Å². The molecule has 23 heavy (non-hydrogen) atoms. The molecule has 0 spiro atoms. The van der Waals surface area contributed by atoms with Crippen LogP contribution in [0.2, 0.25) is 5.02 Å². The zero-order valence-corrected chi connectivity index (χ0v) is 13.2. The van der Waals surface area contributed by atoms with E-state index < -0.39 is 0 Å². The van der Waals surface area contributed by atoms with Crippen LogP contribution in [0.25, 0.3) is 5.69 Å². The highest BCUT2D eigenvalue weighted by Gasteiger charge is 2.27. The van der Waals surface area contributed by atoms with Gasteiger partial charge in [0.2, 0.25) is 5.91 Å². The van der Waals surface area contributed by atoms with E-state index in [2.05, 4.69) is 15.7 Å². The van der Waals surface area contributed by atoms with E-state index in [1.54, 1.807) is 53.3 Å². The lowest BCUT2D eigenvalue weighted by Crippen LogP contribution is -2.39. The third-order valence-corrected chi connectivity index (χ3v) is 3.94. The van der Waals surface area contributed by atoms with Gasteiger partial charge < -0.3 is 15.5 Å². The normalized spacial score (nSPS) is 17.4. The highest BCUT2D eigenvalue weighted by Crippen LogP contribution is 2.23. The quantitative estimate of drug-likeness (QED) is 0.900. The number of halogens is 1. The highest BCUT2D eigenvalue weighted by atomic mass is 35.5. The predicted octanol–water partition coefficient (Wildman–Crippen LogP) is 1.88. The van der Waals surface area contributed by atoms with Gasteiger partial charge in [-0.3, -0.25) is 4.79 Å². The molecular formula is C15H16ClN5O2. The van der Waals surface area contributed by atoms with Crippen LogP contribution in [0.15, 0.2) is 36.7 Å². The van der Waals surface area contributed by atoms with Gasteiger partial charge in [0, 0.05) is 38.1 Å². The summed E-state index contributed by atoms with van der Waals surface area (Å²) in [4.78, 5) is 25.0. The number of anilines is 1. The number of likely N-dealkylation sites (tertiary alicyclic amines) is 1.